The van der Waals surface area contributed by atoms with Gasteiger partial charge in [-0.25, -0.2) is 0 Å². The van der Waals surface area contributed by atoms with Gasteiger partial charge in [-0.1, -0.05) is 6.58 Å². The second-order valence-corrected chi connectivity index (χ2v) is 1.39. The van der Waals surface area contributed by atoms with E-state index in [4.69, 9.17) is 20.9 Å². The monoisotopic (exact) mass is 165 g/mol. The molecule has 0 rings (SSSR count). The van der Waals surface area contributed by atoms with Crippen LogP contribution in [-0.2, 0) is 0 Å². The van der Waals surface area contributed by atoms with Gasteiger partial charge in [0.1, 0.15) is 6.42 Å². The van der Waals surface area contributed by atoms with Crippen molar-refractivity contribution in [2.45, 2.75) is 13.3 Å². The Bertz CT molecular complexity index is 202. The summed E-state index contributed by atoms with van der Waals surface area (Å²) in [5.41, 5.74) is 0.560. The average molecular weight is 165 g/mol. The van der Waals surface area contributed by atoms with E-state index in [0.29, 0.717) is 5.57 Å². The molecule has 0 aliphatic heterocycles. The summed E-state index contributed by atoms with van der Waals surface area (Å²) < 4.78 is 0. The van der Waals surface area contributed by atoms with E-state index in [1.165, 1.54) is 0 Å². The van der Waals surface area contributed by atoms with Gasteiger partial charge in [-0.05, 0) is 6.92 Å². The standard InChI is InChI=1S/C4H5N.C3H2N2.CH4O/c1-4(2)3-5;4-2-1-3-5;1-2/h1H2,2H3;1H2;2H,1H3. The highest BCUT2D eigenvalue weighted by molar-refractivity contribution is 5.11. The van der Waals surface area contributed by atoms with Gasteiger partial charge in [0.25, 0.3) is 0 Å². The molecule has 12 heavy (non-hydrogen) atoms. The summed E-state index contributed by atoms with van der Waals surface area (Å²) in [5.74, 6) is 0. The number of aliphatic hydroxyl groups excluding tert-OH is 1. The summed E-state index contributed by atoms with van der Waals surface area (Å²) in [6.45, 7) is 4.98. The van der Waals surface area contributed by atoms with Crippen molar-refractivity contribution in [3.63, 3.8) is 0 Å². The van der Waals surface area contributed by atoms with E-state index in [1.807, 2.05) is 6.07 Å². The third kappa shape index (κ3) is 89.2. The van der Waals surface area contributed by atoms with Crippen LogP contribution in [0, 0.1) is 34.0 Å². The zero-order valence-electron chi connectivity index (χ0n) is 7.20. The maximum atomic E-state index is 7.79. The normalized spacial score (nSPS) is 4.67. The minimum atomic E-state index is 0. The molecule has 0 aliphatic carbocycles. The Morgan fingerprint density at radius 2 is 1.50 bits per heavy atom. The summed E-state index contributed by atoms with van der Waals surface area (Å²) in [7, 11) is 1.00. The van der Waals surface area contributed by atoms with Crippen LogP contribution in [0.5, 0.6) is 0 Å². The number of rotatable bonds is 0. The maximum absolute atomic E-state index is 7.79. The third-order valence-electron chi connectivity index (χ3n) is 0.349. The molecule has 0 aromatic carbocycles. The molecule has 0 aromatic heterocycles. The van der Waals surface area contributed by atoms with Gasteiger partial charge >= 0.3 is 0 Å². The lowest BCUT2D eigenvalue weighted by Crippen LogP contribution is -1.51. The van der Waals surface area contributed by atoms with Crippen molar-refractivity contribution in [3.8, 4) is 18.2 Å². The van der Waals surface area contributed by atoms with Gasteiger partial charge in [0.05, 0.1) is 18.2 Å². The van der Waals surface area contributed by atoms with Crippen molar-refractivity contribution >= 4 is 0 Å². The van der Waals surface area contributed by atoms with Crippen molar-refractivity contribution in [1.82, 2.24) is 0 Å². The Morgan fingerprint density at radius 1 is 1.25 bits per heavy atom. The summed E-state index contributed by atoms with van der Waals surface area (Å²) in [6, 6.07) is 5.15. The van der Waals surface area contributed by atoms with Crippen molar-refractivity contribution in [1.29, 1.82) is 15.8 Å². The predicted molar refractivity (Wildman–Crippen MR) is 44.4 cm³/mol. The smallest absolute Gasteiger partial charge is 0.122 e. The average Bonchev–Trinajstić information content (AvgIpc) is 2.10. The molecule has 0 aromatic rings. The number of hydrogen-bond donors (Lipinski definition) is 1. The molecule has 0 aliphatic rings. The largest absolute Gasteiger partial charge is 0.400 e. The second-order valence-electron chi connectivity index (χ2n) is 1.39. The van der Waals surface area contributed by atoms with E-state index in [-0.39, 0.29) is 6.42 Å². The zero-order valence-corrected chi connectivity index (χ0v) is 7.20. The zero-order chi connectivity index (χ0) is 10.4. The second kappa shape index (κ2) is 22.9. The molecule has 0 radical (unpaired) electrons. The highest BCUT2D eigenvalue weighted by Gasteiger charge is 1.64. The molecule has 0 bridgehead atoms. The fourth-order valence-corrected chi connectivity index (χ4v) is 0.0354. The van der Waals surface area contributed by atoms with Gasteiger partial charge in [0.2, 0.25) is 0 Å². The number of hydrogen-bond acceptors (Lipinski definition) is 4. The Morgan fingerprint density at radius 3 is 1.50 bits per heavy atom. The van der Waals surface area contributed by atoms with E-state index < -0.39 is 0 Å². The predicted octanol–water partition coefficient (Wildman–Crippen LogP) is 1.12. The molecule has 0 atom stereocenters. The highest BCUT2D eigenvalue weighted by Crippen LogP contribution is 1.74. The van der Waals surface area contributed by atoms with Gasteiger partial charge in [0, 0.05) is 12.7 Å². The Hall–Kier alpha value is -1.83. The SMILES string of the molecule is C=C(C)C#N.CO.N#CCC#N. The van der Waals surface area contributed by atoms with E-state index in [1.54, 1.807) is 19.1 Å². The van der Waals surface area contributed by atoms with Crippen LogP contribution in [0.3, 0.4) is 0 Å². The van der Waals surface area contributed by atoms with E-state index in [2.05, 4.69) is 6.58 Å². The van der Waals surface area contributed by atoms with Gasteiger partial charge in [-0.3, -0.25) is 0 Å². The summed E-state index contributed by atoms with van der Waals surface area (Å²) in [5, 5.41) is 30.0. The van der Waals surface area contributed by atoms with Crippen LogP contribution in [0.4, 0.5) is 0 Å². The fraction of sp³-hybridized carbons (Fsp3) is 0.375. The topological polar surface area (TPSA) is 91.6 Å². The van der Waals surface area contributed by atoms with Crippen LogP contribution < -0.4 is 0 Å². The Kier molecular flexibility index (Phi) is 31.7. The number of nitrogens with zero attached hydrogens (tertiary/aromatic N) is 3. The number of allylic oxidation sites excluding steroid dienone is 1. The van der Waals surface area contributed by atoms with Crippen molar-refractivity contribution in [2.75, 3.05) is 7.11 Å². The molecule has 0 saturated carbocycles. The first-order valence-electron chi connectivity index (χ1n) is 2.93. The quantitative estimate of drug-likeness (QED) is 0.544. The Labute approximate surface area is 72.6 Å². The molecule has 0 amide bonds. The van der Waals surface area contributed by atoms with Crippen LogP contribution >= 0.6 is 0 Å². The fourth-order valence-electron chi connectivity index (χ4n) is 0.0354. The lowest BCUT2D eigenvalue weighted by molar-refractivity contribution is 0.399. The number of nitriles is 3. The highest BCUT2D eigenvalue weighted by atomic mass is 16.2. The maximum Gasteiger partial charge on any atom is 0.122 e. The van der Waals surface area contributed by atoms with Gasteiger partial charge in [-0.2, -0.15) is 15.8 Å². The van der Waals surface area contributed by atoms with Crippen LogP contribution in [0.15, 0.2) is 12.2 Å². The molecule has 0 spiro atoms. The Balaban J connectivity index is -0.000000112. The first-order chi connectivity index (χ1) is 5.68. The number of aliphatic hydroxyl groups is 1. The molecule has 0 heterocycles. The molecule has 4 heteroatoms. The summed E-state index contributed by atoms with van der Waals surface area (Å²) >= 11 is 0. The lowest BCUT2D eigenvalue weighted by Gasteiger charge is -1.61. The molecule has 0 saturated heterocycles. The molecule has 0 fully saturated rings. The third-order valence-corrected chi connectivity index (χ3v) is 0.349. The minimum absolute atomic E-state index is 0. The van der Waals surface area contributed by atoms with Gasteiger partial charge in [0.15, 0.2) is 0 Å². The summed E-state index contributed by atoms with van der Waals surface area (Å²) in [4.78, 5) is 0. The molecular formula is C8H11N3O. The van der Waals surface area contributed by atoms with Crippen molar-refractivity contribution in [3.05, 3.63) is 12.2 Å². The minimum Gasteiger partial charge on any atom is -0.400 e. The van der Waals surface area contributed by atoms with E-state index in [9.17, 15) is 0 Å². The molecular weight excluding hydrogens is 154 g/mol. The van der Waals surface area contributed by atoms with Crippen molar-refractivity contribution in [2.24, 2.45) is 0 Å². The van der Waals surface area contributed by atoms with E-state index in [0.717, 1.165) is 7.11 Å². The molecule has 64 valence electrons. The first-order valence-corrected chi connectivity index (χ1v) is 2.93. The van der Waals surface area contributed by atoms with Crippen molar-refractivity contribution < 1.29 is 5.11 Å². The van der Waals surface area contributed by atoms with Crippen LogP contribution in [0.1, 0.15) is 13.3 Å². The summed E-state index contributed by atoms with van der Waals surface area (Å²) in [6.07, 6.45) is 0. The van der Waals surface area contributed by atoms with E-state index >= 15 is 0 Å². The van der Waals surface area contributed by atoms with Gasteiger partial charge < -0.3 is 5.11 Å². The molecule has 1 N–H and O–H groups in total. The van der Waals surface area contributed by atoms with Gasteiger partial charge in [-0.15, -0.1) is 0 Å². The lowest BCUT2D eigenvalue weighted by atomic mass is 10.4. The molecule has 4 nitrogen and oxygen atoms in total. The van der Waals surface area contributed by atoms with Crippen LogP contribution in [-0.4, -0.2) is 12.2 Å². The molecule has 0 unspecified atom stereocenters. The van der Waals surface area contributed by atoms with Crippen LogP contribution in [0.25, 0.3) is 0 Å². The first kappa shape index (κ1) is 16.6. The van der Waals surface area contributed by atoms with Crippen LogP contribution in [0.2, 0.25) is 0 Å².